The summed E-state index contributed by atoms with van der Waals surface area (Å²) in [7, 11) is 0. The number of aromatic nitrogens is 1. The maximum Gasteiger partial charge on any atom is 0.226 e. The Bertz CT molecular complexity index is 998. The van der Waals surface area contributed by atoms with Gasteiger partial charge in [-0.1, -0.05) is 43.3 Å². The van der Waals surface area contributed by atoms with E-state index in [4.69, 9.17) is 4.74 Å². The van der Waals surface area contributed by atoms with Crippen LogP contribution in [0.3, 0.4) is 0 Å². The second-order valence-corrected chi connectivity index (χ2v) is 8.00. The third-order valence-corrected chi connectivity index (χ3v) is 5.45. The number of thiazole rings is 1. The molecule has 31 heavy (non-hydrogen) atoms. The summed E-state index contributed by atoms with van der Waals surface area (Å²) in [6.45, 7) is 4.61. The van der Waals surface area contributed by atoms with Gasteiger partial charge in [0.05, 0.1) is 12.3 Å². The van der Waals surface area contributed by atoms with Gasteiger partial charge in [0, 0.05) is 30.8 Å². The van der Waals surface area contributed by atoms with Crippen molar-refractivity contribution in [1.82, 2.24) is 10.3 Å². The van der Waals surface area contributed by atoms with E-state index in [1.807, 2.05) is 41.8 Å². The van der Waals surface area contributed by atoms with E-state index in [1.165, 1.54) is 23.8 Å². The van der Waals surface area contributed by atoms with Gasteiger partial charge >= 0.3 is 0 Å². The first-order valence-electron chi connectivity index (χ1n) is 10.3. The molecule has 0 aliphatic carbocycles. The highest BCUT2D eigenvalue weighted by atomic mass is 32.1. The lowest BCUT2D eigenvalue weighted by molar-refractivity contribution is -0.119. The molecule has 0 aliphatic rings. The molecule has 7 heteroatoms. The molecule has 2 aromatic carbocycles. The Morgan fingerprint density at radius 1 is 1.03 bits per heavy atom. The standard InChI is InChI=1S/C24H27N3O3S/c1-3-18-8-12-21(13-9-18)30-14-4-5-23(29)27-24-26-22(16-31-24)20-10-6-19(7-11-20)15-25-17(2)28/h6-13,16H,3-5,14-15H2,1-2H3,(H,25,28)(H,26,27,29). The Morgan fingerprint density at radius 3 is 2.42 bits per heavy atom. The Morgan fingerprint density at radius 2 is 1.74 bits per heavy atom. The highest BCUT2D eigenvalue weighted by molar-refractivity contribution is 7.14. The van der Waals surface area contributed by atoms with Crippen LogP contribution in [0, 0.1) is 0 Å². The average Bonchev–Trinajstić information content (AvgIpc) is 3.24. The quantitative estimate of drug-likeness (QED) is 0.446. The molecule has 0 bridgehead atoms. The molecule has 0 saturated heterocycles. The van der Waals surface area contributed by atoms with Crippen molar-refractivity contribution in [2.75, 3.05) is 11.9 Å². The van der Waals surface area contributed by atoms with Crippen molar-refractivity contribution < 1.29 is 14.3 Å². The fourth-order valence-corrected chi connectivity index (χ4v) is 3.65. The smallest absolute Gasteiger partial charge is 0.226 e. The van der Waals surface area contributed by atoms with Crippen LogP contribution in [0.15, 0.2) is 53.9 Å². The Kier molecular flexibility index (Phi) is 8.18. The number of rotatable bonds is 10. The fraction of sp³-hybridized carbons (Fsp3) is 0.292. The van der Waals surface area contributed by atoms with Gasteiger partial charge in [0.25, 0.3) is 0 Å². The van der Waals surface area contributed by atoms with Crippen LogP contribution < -0.4 is 15.4 Å². The Labute approximate surface area is 186 Å². The molecule has 2 N–H and O–H groups in total. The number of nitrogens with zero attached hydrogens (tertiary/aromatic N) is 1. The number of carbonyl (C=O) groups is 2. The summed E-state index contributed by atoms with van der Waals surface area (Å²) in [4.78, 5) is 27.7. The number of amides is 2. The van der Waals surface area contributed by atoms with Crippen LogP contribution >= 0.6 is 11.3 Å². The van der Waals surface area contributed by atoms with Gasteiger partial charge in [-0.15, -0.1) is 11.3 Å². The van der Waals surface area contributed by atoms with Gasteiger partial charge in [0.2, 0.25) is 11.8 Å². The van der Waals surface area contributed by atoms with E-state index < -0.39 is 0 Å². The number of anilines is 1. The minimum atomic E-state index is -0.0727. The van der Waals surface area contributed by atoms with E-state index in [0.717, 1.165) is 29.0 Å². The van der Waals surface area contributed by atoms with E-state index in [-0.39, 0.29) is 11.8 Å². The third kappa shape index (κ3) is 7.22. The van der Waals surface area contributed by atoms with Gasteiger partial charge in [0.1, 0.15) is 5.75 Å². The number of carbonyl (C=O) groups excluding carboxylic acids is 2. The number of nitrogens with one attached hydrogen (secondary N) is 2. The number of aryl methyl sites for hydroxylation is 1. The summed E-state index contributed by atoms with van der Waals surface area (Å²) in [5, 5.41) is 8.13. The first-order chi connectivity index (χ1) is 15.0. The maximum absolute atomic E-state index is 12.2. The minimum Gasteiger partial charge on any atom is -0.494 e. The van der Waals surface area contributed by atoms with Crippen molar-refractivity contribution in [2.24, 2.45) is 0 Å². The van der Waals surface area contributed by atoms with E-state index in [2.05, 4.69) is 34.7 Å². The first kappa shape index (κ1) is 22.5. The molecule has 162 valence electrons. The lowest BCUT2D eigenvalue weighted by Crippen LogP contribution is -2.18. The molecule has 2 amide bonds. The van der Waals surface area contributed by atoms with Crippen molar-refractivity contribution in [1.29, 1.82) is 0 Å². The fourth-order valence-electron chi connectivity index (χ4n) is 2.91. The van der Waals surface area contributed by atoms with Crippen LogP contribution in [0.4, 0.5) is 5.13 Å². The molecule has 1 heterocycles. The summed E-state index contributed by atoms with van der Waals surface area (Å²) in [5.41, 5.74) is 4.07. The van der Waals surface area contributed by atoms with Gasteiger partial charge in [0.15, 0.2) is 5.13 Å². The summed E-state index contributed by atoms with van der Waals surface area (Å²) in [6.07, 6.45) is 2.01. The van der Waals surface area contributed by atoms with Gasteiger partial charge in [-0.25, -0.2) is 4.98 Å². The van der Waals surface area contributed by atoms with Crippen molar-refractivity contribution in [3.8, 4) is 17.0 Å². The zero-order valence-corrected chi connectivity index (χ0v) is 18.6. The zero-order valence-electron chi connectivity index (χ0n) is 17.8. The van der Waals surface area contributed by atoms with Crippen molar-refractivity contribution >= 4 is 28.3 Å². The van der Waals surface area contributed by atoms with Gasteiger partial charge in [-0.2, -0.15) is 0 Å². The van der Waals surface area contributed by atoms with Crippen LogP contribution in [0.25, 0.3) is 11.3 Å². The first-order valence-corrected chi connectivity index (χ1v) is 11.2. The lowest BCUT2D eigenvalue weighted by atomic mass is 10.1. The zero-order chi connectivity index (χ0) is 22.1. The molecule has 6 nitrogen and oxygen atoms in total. The normalized spacial score (nSPS) is 10.5. The summed E-state index contributed by atoms with van der Waals surface area (Å²) < 4.78 is 5.69. The Hall–Kier alpha value is -3.19. The van der Waals surface area contributed by atoms with Crippen LogP contribution in [-0.2, 0) is 22.6 Å². The molecule has 3 rings (SSSR count). The van der Waals surface area contributed by atoms with Gasteiger partial charge in [-0.3, -0.25) is 9.59 Å². The molecule has 0 fully saturated rings. The second-order valence-electron chi connectivity index (χ2n) is 7.14. The van der Waals surface area contributed by atoms with Crippen molar-refractivity contribution in [2.45, 2.75) is 39.7 Å². The minimum absolute atomic E-state index is 0.0545. The molecule has 3 aromatic rings. The number of hydrogen-bond acceptors (Lipinski definition) is 5. The molecular formula is C24H27N3O3S. The summed E-state index contributed by atoms with van der Waals surface area (Å²) in [6, 6.07) is 15.9. The van der Waals surface area contributed by atoms with Crippen molar-refractivity contribution in [3.05, 3.63) is 65.0 Å². The topological polar surface area (TPSA) is 80.3 Å². The highest BCUT2D eigenvalue weighted by Crippen LogP contribution is 2.25. The van der Waals surface area contributed by atoms with Crippen molar-refractivity contribution in [3.63, 3.8) is 0 Å². The third-order valence-electron chi connectivity index (χ3n) is 4.69. The predicted octanol–water partition coefficient (Wildman–Crippen LogP) is 4.81. The van der Waals surface area contributed by atoms with E-state index >= 15 is 0 Å². The molecule has 0 unspecified atom stereocenters. The maximum atomic E-state index is 12.2. The van der Waals surface area contributed by atoms with E-state index in [9.17, 15) is 9.59 Å². The van der Waals surface area contributed by atoms with E-state index in [1.54, 1.807) is 0 Å². The summed E-state index contributed by atoms with van der Waals surface area (Å²) in [5.74, 6) is 0.697. The van der Waals surface area contributed by atoms with Crippen LogP contribution in [0.5, 0.6) is 5.75 Å². The monoisotopic (exact) mass is 437 g/mol. The molecule has 0 atom stereocenters. The lowest BCUT2D eigenvalue weighted by Gasteiger charge is -2.07. The average molecular weight is 438 g/mol. The molecule has 1 aromatic heterocycles. The van der Waals surface area contributed by atoms with Crippen LogP contribution in [-0.4, -0.2) is 23.4 Å². The van der Waals surface area contributed by atoms with Gasteiger partial charge in [-0.05, 0) is 36.1 Å². The number of benzene rings is 2. The van der Waals surface area contributed by atoms with Gasteiger partial charge < -0.3 is 15.4 Å². The van der Waals surface area contributed by atoms with Crippen LogP contribution in [0.1, 0.15) is 37.8 Å². The number of ether oxygens (including phenoxy) is 1. The molecular weight excluding hydrogens is 410 g/mol. The largest absolute Gasteiger partial charge is 0.494 e. The summed E-state index contributed by atoms with van der Waals surface area (Å²) >= 11 is 1.40. The van der Waals surface area contributed by atoms with E-state index in [0.29, 0.717) is 31.1 Å². The predicted molar refractivity (Wildman–Crippen MR) is 124 cm³/mol. The molecule has 0 radical (unpaired) electrons. The SMILES string of the molecule is CCc1ccc(OCCCC(=O)Nc2nc(-c3ccc(CNC(C)=O)cc3)cs2)cc1. The highest BCUT2D eigenvalue weighted by Gasteiger charge is 2.08. The second kappa shape index (κ2) is 11.3. The molecule has 0 aliphatic heterocycles. The Balaban J connectivity index is 1.42. The number of hydrogen-bond donors (Lipinski definition) is 2. The van der Waals surface area contributed by atoms with Crippen LogP contribution in [0.2, 0.25) is 0 Å². The molecule has 0 spiro atoms. The molecule has 0 saturated carbocycles.